The van der Waals surface area contributed by atoms with E-state index in [9.17, 15) is 9.00 Å². The van der Waals surface area contributed by atoms with Crippen LogP contribution >= 0.6 is 11.6 Å². The van der Waals surface area contributed by atoms with E-state index in [-0.39, 0.29) is 23.3 Å². The van der Waals surface area contributed by atoms with Gasteiger partial charge in [-0.25, -0.2) is 4.39 Å². The van der Waals surface area contributed by atoms with E-state index < -0.39 is 21.4 Å². The van der Waals surface area contributed by atoms with Gasteiger partial charge in [0.05, 0.1) is 21.2 Å². The minimum absolute atomic E-state index is 0.161. The maximum absolute atomic E-state index is 15.6. The second kappa shape index (κ2) is 10.3. The smallest absolute Gasteiger partial charge is 0.277 e. The Kier molecular flexibility index (Phi) is 7.45. The first-order valence-electron chi connectivity index (χ1n) is 11.1. The molecule has 0 bridgehead atoms. The van der Waals surface area contributed by atoms with Crippen LogP contribution in [0.2, 0.25) is 5.02 Å². The Labute approximate surface area is 206 Å². The molecule has 5 nitrogen and oxygen atoms in total. The molecule has 3 aromatic rings. The molecule has 1 unspecified atom stereocenters. The Bertz CT molecular complexity index is 1180. The monoisotopic (exact) mass is 500 g/mol. The van der Waals surface area contributed by atoms with Gasteiger partial charge in [0.1, 0.15) is 11.5 Å². The van der Waals surface area contributed by atoms with Crippen molar-refractivity contribution in [1.82, 2.24) is 4.98 Å². The maximum atomic E-state index is 15.6. The molecule has 0 radical (unpaired) electrons. The second-order valence-electron chi connectivity index (χ2n) is 8.48. The van der Waals surface area contributed by atoms with Crippen LogP contribution in [0.3, 0.4) is 0 Å². The Morgan fingerprint density at radius 3 is 2.41 bits per heavy atom. The zero-order valence-corrected chi connectivity index (χ0v) is 20.6. The zero-order chi connectivity index (χ0) is 24.3. The molecule has 0 saturated carbocycles. The summed E-state index contributed by atoms with van der Waals surface area (Å²) in [5.41, 5.74) is 1.03. The highest BCUT2D eigenvalue weighted by Gasteiger charge is 2.42. The molecule has 4 rings (SSSR count). The molecule has 1 saturated heterocycles. The predicted octanol–water partition coefficient (Wildman–Crippen LogP) is 5.74. The Balaban J connectivity index is 1.74. The van der Waals surface area contributed by atoms with Gasteiger partial charge in [-0.1, -0.05) is 23.7 Å². The van der Waals surface area contributed by atoms with Crippen molar-refractivity contribution in [3.05, 3.63) is 89.0 Å². The number of hydrogen-bond acceptors (Lipinski definition) is 4. The van der Waals surface area contributed by atoms with Gasteiger partial charge in [0, 0.05) is 35.4 Å². The molecule has 0 N–H and O–H groups in total. The number of anilines is 1. The van der Waals surface area contributed by atoms with Gasteiger partial charge in [0.2, 0.25) is 0 Å². The summed E-state index contributed by atoms with van der Waals surface area (Å²) in [5.74, 6) is -0.928. The van der Waals surface area contributed by atoms with Gasteiger partial charge in [-0.05, 0) is 80.8 Å². The van der Waals surface area contributed by atoms with Crippen LogP contribution in [0.4, 0.5) is 10.1 Å². The van der Waals surface area contributed by atoms with Crippen molar-refractivity contribution in [2.24, 2.45) is 0 Å². The average molecular weight is 501 g/mol. The molecule has 1 aromatic heterocycles. The van der Waals surface area contributed by atoms with E-state index in [1.807, 2.05) is 13.8 Å². The van der Waals surface area contributed by atoms with Crippen molar-refractivity contribution in [2.45, 2.75) is 42.4 Å². The topological polar surface area (TPSA) is 59.5 Å². The lowest BCUT2D eigenvalue weighted by Gasteiger charge is -2.37. The van der Waals surface area contributed by atoms with Crippen LogP contribution < -0.4 is 4.90 Å². The molecule has 1 atom stereocenters. The number of pyridine rings is 1. The predicted molar refractivity (Wildman–Crippen MR) is 132 cm³/mol. The lowest BCUT2D eigenvalue weighted by molar-refractivity contribution is 0.0754. The summed E-state index contributed by atoms with van der Waals surface area (Å²) < 4.78 is 34.1. The van der Waals surface area contributed by atoms with Gasteiger partial charge in [-0.15, -0.1) is 0 Å². The van der Waals surface area contributed by atoms with Crippen molar-refractivity contribution < 1.29 is 18.1 Å². The molecule has 1 amide bonds. The molecule has 1 aliphatic heterocycles. The summed E-state index contributed by atoms with van der Waals surface area (Å²) in [6, 6.07) is 16.4. The van der Waals surface area contributed by atoms with Crippen LogP contribution in [0, 0.1) is 5.82 Å². The van der Waals surface area contributed by atoms with Crippen LogP contribution in [0.5, 0.6) is 0 Å². The van der Waals surface area contributed by atoms with Crippen molar-refractivity contribution in [3.8, 4) is 0 Å². The standard InChI is InChI=1S/C26H26ClFN2O3S/c1-18(2)30(25(31)23-5-3-4-14-29-23)24-11-6-19(17-22(24)28)26(12-15-33-16-13-26)34(32)21-9-7-20(27)8-10-21/h3-11,14,17-18H,12-13,15-16H2,1-2H3. The van der Waals surface area contributed by atoms with Crippen molar-refractivity contribution >= 4 is 34.0 Å². The number of hydrogen-bond donors (Lipinski definition) is 0. The van der Waals surface area contributed by atoms with Crippen LogP contribution in [0.15, 0.2) is 71.8 Å². The van der Waals surface area contributed by atoms with Gasteiger partial charge >= 0.3 is 0 Å². The third-order valence-electron chi connectivity index (χ3n) is 6.04. The number of carbonyl (C=O) groups excluding carboxylic acids is 1. The molecule has 1 fully saturated rings. The van der Waals surface area contributed by atoms with E-state index in [1.165, 1.54) is 17.2 Å². The summed E-state index contributed by atoms with van der Waals surface area (Å²) in [4.78, 5) is 19.3. The highest BCUT2D eigenvalue weighted by molar-refractivity contribution is 7.86. The average Bonchev–Trinajstić information content (AvgIpc) is 2.86. The van der Waals surface area contributed by atoms with Crippen LogP contribution in [0.1, 0.15) is 42.7 Å². The minimum Gasteiger partial charge on any atom is -0.381 e. The highest BCUT2D eigenvalue weighted by Crippen LogP contribution is 2.42. The third-order valence-corrected chi connectivity index (χ3v) is 8.34. The number of benzene rings is 2. The molecular weight excluding hydrogens is 475 g/mol. The summed E-state index contributed by atoms with van der Waals surface area (Å²) in [6.45, 7) is 4.51. The van der Waals surface area contributed by atoms with Gasteiger partial charge < -0.3 is 9.64 Å². The number of rotatable bonds is 6. The lowest BCUT2D eigenvalue weighted by Crippen LogP contribution is -2.39. The van der Waals surface area contributed by atoms with E-state index in [0.717, 1.165) is 0 Å². The molecular formula is C26H26ClFN2O3S. The normalized spacial score (nSPS) is 16.3. The molecule has 34 heavy (non-hydrogen) atoms. The second-order valence-corrected chi connectivity index (χ2v) is 10.7. The Hall–Kier alpha value is -2.61. The number of nitrogens with zero attached hydrogens (tertiary/aromatic N) is 2. The summed E-state index contributed by atoms with van der Waals surface area (Å²) in [7, 11) is -1.46. The number of carbonyl (C=O) groups is 1. The molecule has 178 valence electrons. The van der Waals surface area contributed by atoms with Gasteiger partial charge in [0.15, 0.2) is 0 Å². The van der Waals surface area contributed by atoms with Gasteiger partial charge in [-0.3, -0.25) is 14.0 Å². The summed E-state index contributed by atoms with van der Waals surface area (Å²) >= 11 is 6.01. The summed E-state index contributed by atoms with van der Waals surface area (Å²) in [6.07, 6.45) is 2.51. The van der Waals surface area contributed by atoms with Crippen molar-refractivity contribution in [1.29, 1.82) is 0 Å². The number of halogens is 2. The first-order valence-corrected chi connectivity index (χ1v) is 12.7. The van der Waals surface area contributed by atoms with Crippen LogP contribution in [-0.2, 0) is 20.3 Å². The van der Waals surface area contributed by atoms with Gasteiger partial charge in [0.25, 0.3) is 5.91 Å². The van der Waals surface area contributed by atoms with Crippen LogP contribution in [-0.4, -0.2) is 34.4 Å². The van der Waals surface area contributed by atoms with E-state index >= 15 is 4.39 Å². The Morgan fingerprint density at radius 1 is 1.12 bits per heavy atom. The quantitative estimate of drug-likeness (QED) is 0.433. The van der Waals surface area contributed by atoms with Crippen LogP contribution in [0.25, 0.3) is 0 Å². The number of ether oxygens (including phenoxy) is 1. The van der Waals surface area contributed by atoms with Crippen molar-refractivity contribution in [2.75, 3.05) is 18.1 Å². The fourth-order valence-electron chi connectivity index (χ4n) is 4.29. The van der Waals surface area contributed by atoms with Gasteiger partial charge in [-0.2, -0.15) is 0 Å². The van der Waals surface area contributed by atoms with E-state index in [2.05, 4.69) is 4.98 Å². The Morgan fingerprint density at radius 2 is 1.82 bits per heavy atom. The van der Waals surface area contributed by atoms with E-state index in [4.69, 9.17) is 16.3 Å². The van der Waals surface area contributed by atoms with E-state index in [1.54, 1.807) is 54.6 Å². The fraction of sp³-hybridized carbons (Fsp3) is 0.308. The minimum atomic E-state index is -1.46. The first kappa shape index (κ1) is 24.5. The molecule has 0 spiro atoms. The zero-order valence-electron chi connectivity index (χ0n) is 19.0. The van der Waals surface area contributed by atoms with E-state index in [0.29, 0.717) is 41.5 Å². The molecule has 2 heterocycles. The largest absolute Gasteiger partial charge is 0.381 e. The molecule has 0 aliphatic carbocycles. The summed E-state index contributed by atoms with van der Waals surface area (Å²) in [5, 5.41) is 0.559. The molecule has 1 aliphatic rings. The maximum Gasteiger partial charge on any atom is 0.277 e. The fourth-order valence-corrected chi connectivity index (χ4v) is 6.13. The number of aromatic nitrogens is 1. The SMILES string of the molecule is CC(C)N(C(=O)c1ccccn1)c1ccc(C2(S(=O)c3ccc(Cl)cc3)CCOCC2)cc1F. The highest BCUT2D eigenvalue weighted by atomic mass is 35.5. The first-order chi connectivity index (χ1) is 16.3. The van der Waals surface area contributed by atoms with Crippen molar-refractivity contribution in [3.63, 3.8) is 0 Å². The molecule has 2 aromatic carbocycles. The number of amides is 1. The lowest BCUT2D eigenvalue weighted by atomic mass is 9.90. The molecule has 8 heteroatoms. The third kappa shape index (κ3) is 4.78.